The molecule has 1 aromatic heterocycles. The van der Waals surface area contributed by atoms with E-state index in [-0.39, 0.29) is 10.8 Å². The third-order valence-corrected chi connectivity index (χ3v) is 13.9. The quantitative estimate of drug-likeness (QED) is 0.180. The van der Waals surface area contributed by atoms with E-state index in [1.54, 1.807) is 5.57 Å². The monoisotopic (exact) mass is 715 g/mol. The average Bonchev–Trinajstić information content (AvgIpc) is 3.73. The van der Waals surface area contributed by atoms with Gasteiger partial charge in [-0.1, -0.05) is 111 Å². The van der Waals surface area contributed by atoms with Crippen molar-refractivity contribution in [3.63, 3.8) is 0 Å². The van der Waals surface area contributed by atoms with Crippen LogP contribution in [0, 0.1) is 11.3 Å². The fraction of sp³-hybridized carbons (Fsp3) is 0.176. The second-order valence-electron chi connectivity index (χ2n) is 15.8. The first-order chi connectivity index (χ1) is 26.5. The predicted molar refractivity (Wildman–Crippen MR) is 227 cm³/mol. The van der Waals surface area contributed by atoms with Crippen LogP contribution in [0.15, 0.2) is 169 Å². The lowest BCUT2D eigenvalue weighted by molar-refractivity contribution is 0.123. The van der Waals surface area contributed by atoms with Gasteiger partial charge in [-0.05, 0) is 126 Å². The molecule has 54 heavy (non-hydrogen) atoms. The highest BCUT2D eigenvalue weighted by atomic mass is 32.1. The van der Waals surface area contributed by atoms with Gasteiger partial charge in [0.25, 0.3) is 0 Å². The number of hydrogen-bond acceptors (Lipinski definition) is 3. The summed E-state index contributed by atoms with van der Waals surface area (Å²) in [5.41, 5.74) is 12.3. The zero-order chi connectivity index (χ0) is 36.0. The molecule has 2 nitrogen and oxygen atoms in total. The van der Waals surface area contributed by atoms with Crippen molar-refractivity contribution >= 4 is 54.1 Å². The second-order valence-corrected chi connectivity index (χ2v) is 16.9. The molecule has 1 spiro atoms. The van der Waals surface area contributed by atoms with Gasteiger partial charge < -0.3 is 9.64 Å². The number of ether oxygens (including phenoxy) is 1. The van der Waals surface area contributed by atoms with E-state index < -0.39 is 0 Å². The molecule has 3 aliphatic carbocycles. The summed E-state index contributed by atoms with van der Waals surface area (Å²) in [4.78, 5) is 2.46. The molecule has 0 saturated carbocycles. The molecule has 2 heterocycles. The lowest BCUT2D eigenvalue weighted by Crippen LogP contribution is -2.51. The molecular weight excluding hydrogens is 675 g/mol. The van der Waals surface area contributed by atoms with Gasteiger partial charge in [0, 0.05) is 48.2 Å². The Hall–Kier alpha value is -5.64. The minimum Gasteiger partial charge on any atom is -0.461 e. The van der Waals surface area contributed by atoms with Crippen LogP contribution in [0.3, 0.4) is 0 Å². The number of hydrogen-bond donors (Lipinski definition) is 0. The first kappa shape index (κ1) is 31.8. The Bertz CT molecular complexity index is 2730. The Kier molecular flexibility index (Phi) is 7.04. The van der Waals surface area contributed by atoms with Crippen LogP contribution >= 0.6 is 11.3 Å². The van der Waals surface area contributed by atoms with Gasteiger partial charge in [-0.15, -0.1) is 11.3 Å². The molecule has 262 valence electrons. The molecular formula is C51H41NOS. The number of allylic oxidation sites excluding steroid dienone is 6. The van der Waals surface area contributed by atoms with Crippen molar-refractivity contribution in [3.05, 3.63) is 186 Å². The van der Waals surface area contributed by atoms with Gasteiger partial charge in [-0.2, -0.15) is 0 Å². The van der Waals surface area contributed by atoms with Crippen LogP contribution in [0.25, 0.3) is 36.9 Å². The van der Waals surface area contributed by atoms with E-state index in [2.05, 4.69) is 177 Å². The van der Waals surface area contributed by atoms with Gasteiger partial charge in [-0.3, -0.25) is 0 Å². The van der Waals surface area contributed by atoms with Gasteiger partial charge in [0.2, 0.25) is 0 Å². The number of nitrogens with zero attached hydrogens (tertiary/aromatic N) is 1. The molecule has 0 N–H and O–H groups in total. The summed E-state index contributed by atoms with van der Waals surface area (Å²) in [5.74, 6) is 2.59. The topological polar surface area (TPSA) is 12.5 Å². The second kappa shape index (κ2) is 11.9. The van der Waals surface area contributed by atoms with E-state index in [9.17, 15) is 0 Å². The Morgan fingerprint density at radius 3 is 2.30 bits per heavy atom. The maximum atomic E-state index is 7.06. The zero-order valence-corrected chi connectivity index (χ0v) is 31.5. The normalized spacial score (nSPS) is 22.4. The highest BCUT2D eigenvalue weighted by molar-refractivity contribution is 7.25. The van der Waals surface area contributed by atoms with E-state index in [0.717, 1.165) is 54.3 Å². The van der Waals surface area contributed by atoms with Crippen molar-refractivity contribution in [1.82, 2.24) is 0 Å². The van der Waals surface area contributed by atoms with Crippen molar-refractivity contribution in [1.29, 1.82) is 0 Å². The minimum atomic E-state index is -0.343. The summed E-state index contributed by atoms with van der Waals surface area (Å²) in [6.07, 6.45) is 11.6. The largest absolute Gasteiger partial charge is 0.461 e. The lowest BCUT2D eigenvalue weighted by atomic mass is 9.50. The van der Waals surface area contributed by atoms with Crippen LogP contribution in [-0.4, -0.2) is 0 Å². The van der Waals surface area contributed by atoms with Crippen molar-refractivity contribution in [2.45, 2.75) is 44.9 Å². The maximum Gasteiger partial charge on any atom is 0.131 e. The predicted octanol–water partition coefficient (Wildman–Crippen LogP) is 14.3. The SMILES string of the molecule is CC1C=CC2=C(C1)C1(c3cc(N(c4ccc(-c5ccccc5)cc4)c4ccc5sc6ccccc6c5c4)ccc3OC3=CCCCC31C)c1ccccc12. The van der Waals surface area contributed by atoms with E-state index >= 15 is 0 Å². The first-order valence-electron chi connectivity index (χ1n) is 19.4. The van der Waals surface area contributed by atoms with Crippen LogP contribution in [0.4, 0.5) is 17.1 Å². The molecule has 0 amide bonds. The van der Waals surface area contributed by atoms with Crippen molar-refractivity contribution < 1.29 is 4.74 Å². The van der Waals surface area contributed by atoms with Gasteiger partial charge in [0.1, 0.15) is 11.5 Å². The molecule has 1 aliphatic heterocycles. The molecule has 7 aromatic rings. The first-order valence-corrected chi connectivity index (χ1v) is 20.3. The van der Waals surface area contributed by atoms with Crippen LogP contribution in [0.2, 0.25) is 0 Å². The summed E-state index contributed by atoms with van der Waals surface area (Å²) >= 11 is 1.87. The summed E-state index contributed by atoms with van der Waals surface area (Å²) in [6.45, 7) is 4.87. The van der Waals surface area contributed by atoms with Crippen molar-refractivity contribution in [2.24, 2.45) is 11.3 Å². The molecule has 3 unspecified atom stereocenters. The fourth-order valence-electron chi connectivity index (χ4n) is 10.4. The van der Waals surface area contributed by atoms with E-state index in [4.69, 9.17) is 4.74 Å². The highest BCUT2D eigenvalue weighted by Crippen LogP contribution is 2.69. The molecule has 0 bridgehead atoms. The van der Waals surface area contributed by atoms with Gasteiger partial charge in [0.05, 0.1) is 5.41 Å². The summed E-state index contributed by atoms with van der Waals surface area (Å²) in [7, 11) is 0. The molecule has 0 fully saturated rings. The molecule has 0 radical (unpaired) electrons. The highest BCUT2D eigenvalue weighted by Gasteiger charge is 2.63. The van der Waals surface area contributed by atoms with Crippen molar-refractivity contribution in [2.75, 3.05) is 4.90 Å². The number of rotatable bonds is 4. The fourth-order valence-corrected chi connectivity index (χ4v) is 11.5. The average molecular weight is 716 g/mol. The molecule has 0 saturated heterocycles. The Labute approximate surface area is 321 Å². The third kappa shape index (κ3) is 4.45. The molecule has 4 aliphatic rings. The van der Waals surface area contributed by atoms with Crippen LogP contribution in [0.1, 0.15) is 56.2 Å². The number of benzene rings is 6. The molecule has 3 heteroatoms. The standard InChI is InChI=1S/C51H41NOS/c1-33-19-26-40-39-14-6-8-16-43(39)51(44(40)30-33)45-32-38(24-27-46(45)53-49-18-10-11-29-50(49,51)2)52(36-22-20-35(21-23-36)34-12-4-3-5-13-34)37-25-28-48-42(31-37)41-15-7-9-17-47(41)54-48/h3-9,12-28,31-33H,10-11,29-30H2,1-2H3. The third-order valence-electron chi connectivity index (χ3n) is 12.8. The number of thiophene rings is 1. The Balaban J connectivity index is 1.17. The summed E-state index contributed by atoms with van der Waals surface area (Å²) in [5, 5.41) is 2.60. The van der Waals surface area contributed by atoms with Crippen LogP contribution in [0.5, 0.6) is 5.75 Å². The molecule has 3 atom stereocenters. The van der Waals surface area contributed by atoms with Gasteiger partial charge in [0.15, 0.2) is 0 Å². The molecule has 11 rings (SSSR count). The van der Waals surface area contributed by atoms with E-state index in [1.165, 1.54) is 53.6 Å². The lowest BCUT2D eigenvalue weighted by Gasteiger charge is -2.55. The van der Waals surface area contributed by atoms with E-state index in [0.29, 0.717) is 5.92 Å². The van der Waals surface area contributed by atoms with E-state index in [1.807, 2.05) is 11.3 Å². The number of anilines is 3. The Morgan fingerprint density at radius 2 is 1.41 bits per heavy atom. The summed E-state index contributed by atoms with van der Waals surface area (Å²) in [6, 6.07) is 51.8. The van der Waals surface area contributed by atoms with Crippen molar-refractivity contribution in [3.8, 4) is 16.9 Å². The van der Waals surface area contributed by atoms with Gasteiger partial charge in [-0.25, -0.2) is 0 Å². The van der Waals surface area contributed by atoms with Gasteiger partial charge >= 0.3 is 0 Å². The maximum absolute atomic E-state index is 7.06. The Morgan fingerprint density at radius 1 is 0.685 bits per heavy atom. The number of fused-ring (bicyclic) bond motifs is 11. The van der Waals surface area contributed by atoms with Crippen LogP contribution in [-0.2, 0) is 5.41 Å². The minimum absolute atomic E-state index is 0.217. The summed E-state index contributed by atoms with van der Waals surface area (Å²) < 4.78 is 9.69. The van der Waals surface area contributed by atoms with Crippen LogP contribution < -0.4 is 9.64 Å². The zero-order valence-electron chi connectivity index (χ0n) is 30.7. The molecule has 6 aromatic carbocycles. The smallest absolute Gasteiger partial charge is 0.131 e.